The summed E-state index contributed by atoms with van der Waals surface area (Å²) in [6.07, 6.45) is 0. The van der Waals surface area contributed by atoms with E-state index in [0.29, 0.717) is 0 Å². The minimum absolute atomic E-state index is 0.169. The maximum absolute atomic E-state index is 11.7. The highest BCUT2D eigenvalue weighted by Gasteiger charge is 2.14. The molecule has 1 rings (SSSR count). The Morgan fingerprint density at radius 2 is 1.90 bits per heavy atom. The summed E-state index contributed by atoms with van der Waals surface area (Å²) in [7, 11) is 0. The van der Waals surface area contributed by atoms with Gasteiger partial charge in [0.1, 0.15) is 6.54 Å². The Morgan fingerprint density at radius 1 is 1.24 bits per heavy atom. The van der Waals surface area contributed by atoms with Gasteiger partial charge in [0.2, 0.25) is 5.91 Å². The second kappa shape index (κ2) is 7.63. The highest BCUT2D eigenvalue weighted by molar-refractivity contribution is 7.12. The fraction of sp³-hybridized carbons (Fsp3) is 0.462. The average Bonchev–Trinajstić information content (AvgIpc) is 2.73. The molecule has 0 aliphatic rings. The molecule has 1 aromatic heterocycles. The molecule has 0 spiro atoms. The number of carbonyl (C=O) groups is 3. The van der Waals surface area contributed by atoms with Crippen molar-refractivity contribution in [2.75, 3.05) is 13.1 Å². The molecule has 1 unspecified atom stereocenters. The number of hydrogen-bond acceptors (Lipinski definition) is 4. The van der Waals surface area contributed by atoms with Crippen LogP contribution in [0.25, 0.3) is 0 Å². The van der Waals surface area contributed by atoms with Crippen LogP contribution < -0.4 is 16.0 Å². The lowest BCUT2D eigenvalue weighted by molar-refractivity contribution is -0.137. The van der Waals surface area contributed by atoms with E-state index in [9.17, 15) is 14.4 Å². The van der Waals surface area contributed by atoms with Crippen LogP contribution in [0.3, 0.4) is 0 Å². The van der Waals surface area contributed by atoms with E-state index in [1.165, 1.54) is 4.88 Å². The van der Waals surface area contributed by atoms with Crippen molar-refractivity contribution >= 4 is 29.2 Å². The van der Waals surface area contributed by atoms with E-state index in [4.69, 9.17) is 5.11 Å². The molecule has 0 fully saturated rings. The van der Waals surface area contributed by atoms with Gasteiger partial charge in [-0.05, 0) is 32.4 Å². The van der Waals surface area contributed by atoms with Crippen LogP contribution in [0, 0.1) is 13.8 Å². The van der Waals surface area contributed by atoms with Crippen molar-refractivity contribution in [1.82, 2.24) is 16.0 Å². The van der Waals surface area contributed by atoms with Crippen LogP contribution in [-0.2, 0) is 9.59 Å². The molecule has 116 valence electrons. The maximum atomic E-state index is 11.7. The molecule has 0 aromatic carbocycles. The van der Waals surface area contributed by atoms with Crippen LogP contribution >= 0.6 is 11.3 Å². The molecule has 1 atom stereocenters. The lowest BCUT2D eigenvalue weighted by atomic mass is 10.1. The van der Waals surface area contributed by atoms with Gasteiger partial charge in [-0.15, -0.1) is 11.3 Å². The van der Waals surface area contributed by atoms with Gasteiger partial charge in [0.15, 0.2) is 0 Å². The van der Waals surface area contributed by atoms with Crippen molar-refractivity contribution in [3.8, 4) is 0 Å². The lowest BCUT2D eigenvalue weighted by Crippen LogP contribution is -2.43. The van der Waals surface area contributed by atoms with Crippen molar-refractivity contribution in [1.29, 1.82) is 0 Å². The minimum atomic E-state index is -1.13. The van der Waals surface area contributed by atoms with Crippen LogP contribution in [-0.4, -0.2) is 36.1 Å². The number of urea groups is 1. The normalized spacial score (nSPS) is 11.6. The van der Waals surface area contributed by atoms with Gasteiger partial charge in [0, 0.05) is 9.75 Å². The number of carbonyl (C=O) groups excluding carboxylic acids is 2. The number of carboxylic acid groups (broad SMARTS) is 1. The Hall–Kier alpha value is -2.09. The minimum Gasteiger partial charge on any atom is -0.480 e. The highest BCUT2D eigenvalue weighted by atomic mass is 32.1. The first kappa shape index (κ1) is 17.0. The number of amides is 3. The lowest BCUT2D eigenvalue weighted by Gasteiger charge is -2.14. The summed E-state index contributed by atoms with van der Waals surface area (Å²) < 4.78 is 0. The fourth-order valence-electron chi connectivity index (χ4n) is 1.80. The summed E-state index contributed by atoms with van der Waals surface area (Å²) in [5.41, 5.74) is 1.04. The molecule has 0 aliphatic heterocycles. The Kier molecular flexibility index (Phi) is 6.16. The Morgan fingerprint density at radius 3 is 2.43 bits per heavy atom. The zero-order chi connectivity index (χ0) is 16.0. The van der Waals surface area contributed by atoms with Gasteiger partial charge < -0.3 is 21.1 Å². The largest absolute Gasteiger partial charge is 0.480 e. The molecule has 1 aromatic rings. The van der Waals surface area contributed by atoms with E-state index in [0.717, 1.165) is 10.4 Å². The Labute approximate surface area is 126 Å². The van der Waals surface area contributed by atoms with E-state index >= 15 is 0 Å². The molecule has 1 heterocycles. The first-order valence-electron chi connectivity index (χ1n) is 6.39. The molecule has 0 saturated carbocycles. The molecule has 21 heavy (non-hydrogen) atoms. The van der Waals surface area contributed by atoms with Gasteiger partial charge in [-0.2, -0.15) is 0 Å². The molecule has 0 bridgehead atoms. The zero-order valence-corrected chi connectivity index (χ0v) is 13.0. The number of thiophene rings is 1. The van der Waals surface area contributed by atoms with Crippen LogP contribution in [0.5, 0.6) is 0 Å². The summed E-state index contributed by atoms with van der Waals surface area (Å²) in [4.78, 5) is 35.5. The Balaban J connectivity index is 2.38. The number of nitrogens with one attached hydrogen (secondary N) is 3. The molecule has 0 saturated heterocycles. The van der Waals surface area contributed by atoms with Crippen LogP contribution in [0.15, 0.2) is 6.07 Å². The van der Waals surface area contributed by atoms with Crippen molar-refractivity contribution in [2.45, 2.75) is 26.8 Å². The van der Waals surface area contributed by atoms with E-state index in [1.807, 2.05) is 26.8 Å². The summed E-state index contributed by atoms with van der Waals surface area (Å²) in [5.74, 6) is -1.69. The van der Waals surface area contributed by atoms with E-state index in [-0.39, 0.29) is 12.6 Å². The number of hydrogen-bond donors (Lipinski definition) is 4. The maximum Gasteiger partial charge on any atom is 0.322 e. The van der Waals surface area contributed by atoms with Gasteiger partial charge in [0.05, 0.1) is 12.6 Å². The summed E-state index contributed by atoms with van der Waals surface area (Å²) in [5, 5.41) is 15.7. The summed E-state index contributed by atoms with van der Waals surface area (Å²) >= 11 is 1.66. The number of aliphatic carboxylic acids is 1. The third-order valence-electron chi connectivity index (χ3n) is 2.74. The third kappa shape index (κ3) is 5.82. The van der Waals surface area contributed by atoms with Crippen molar-refractivity contribution < 1.29 is 19.5 Å². The fourth-order valence-corrected chi connectivity index (χ4v) is 2.83. The summed E-state index contributed by atoms with van der Waals surface area (Å²) in [6, 6.07) is 1.37. The zero-order valence-electron chi connectivity index (χ0n) is 12.1. The van der Waals surface area contributed by atoms with Gasteiger partial charge in [0.25, 0.3) is 0 Å². The van der Waals surface area contributed by atoms with Gasteiger partial charge >= 0.3 is 12.0 Å². The third-order valence-corrected chi connectivity index (χ3v) is 3.72. The highest BCUT2D eigenvalue weighted by Crippen LogP contribution is 2.25. The standard InChI is InChI=1S/C13H19N3O4S/c1-7-4-10(9(3)21-7)8(2)16-13(20)15-5-11(17)14-6-12(18)19/h4,8H,5-6H2,1-3H3,(H,14,17)(H,18,19)(H2,15,16,20). The molecule has 3 amide bonds. The number of rotatable bonds is 6. The first-order valence-corrected chi connectivity index (χ1v) is 7.21. The van der Waals surface area contributed by atoms with E-state index in [1.54, 1.807) is 11.3 Å². The Bertz CT molecular complexity index is 542. The van der Waals surface area contributed by atoms with Crippen molar-refractivity contribution in [3.63, 3.8) is 0 Å². The summed E-state index contributed by atoms with van der Waals surface area (Å²) in [6.45, 7) is 5.11. The van der Waals surface area contributed by atoms with Crippen molar-refractivity contribution in [3.05, 3.63) is 21.4 Å². The first-order chi connectivity index (χ1) is 9.79. The molecule has 0 radical (unpaired) electrons. The quantitative estimate of drug-likeness (QED) is 0.626. The molecule has 0 aliphatic carbocycles. The smallest absolute Gasteiger partial charge is 0.322 e. The van der Waals surface area contributed by atoms with Crippen LogP contribution in [0.2, 0.25) is 0 Å². The van der Waals surface area contributed by atoms with Gasteiger partial charge in [-0.25, -0.2) is 4.79 Å². The van der Waals surface area contributed by atoms with E-state index in [2.05, 4.69) is 16.0 Å². The predicted octanol–water partition coefficient (Wildman–Crippen LogP) is 0.926. The molecule has 4 N–H and O–H groups in total. The molecular formula is C13H19N3O4S. The number of aryl methyl sites for hydroxylation is 2. The van der Waals surface area contributed by atoms with Crippen LogP contribution in [0.1, 0.15) is 28.3 Å². The molecule has 7 nitrogen and oxygen atoms in total. The van der Waals surface area contributed by atoms with E-state index < -0.39 is 24.5 Å². The van der Waals surface area contributed by atoms with Gasteiger partial charge in [-0.1, -0.05) is 0 Å². The average molecular weight is 313 g/mol. The molecular weight excluding hydrogens is 294 g/mol. The number of carboxylic acids is 1. The van der Waals surface area contributed by atoms with Crippen LogP contribution in [0.4, 0.5) is 4.79 Å². The second-order valence-corrected chi connectivity index (χ2v) is 6.05. The monoisotopic (exact) mass is 313 g/mol. The SMILES string of the molecule is Cc1cc(C(C)NC(=O)NCC(=O)NCC(=O)O)c(C)s1. The van der Waals surface area contributed by atoms with Gasteiger partial charge in [-0.3, -0.25) is 9.59 Å². The second-order valence-electron chi connectivity index (χ2n) is 4.59. The van der Waals surface area contributed by atoms with Crippen molar-refractivity contribution in [2.24, 2.45) is 0 Å². The predicted molar refractivity (Wildman–Crippen MR) is 79.4 cm³/mol. The topological polar surface area (TPSA) is 108 Å². The molecule has 8 heteroatoms.